The van der Waals surface area contributed by atoms with Crippen LogP contribution in [0.5, 0.6) is 0 Å². The molecule has 0 nitrogen and oxygen atoms in total. The van der Waals surface area contributed by atoms with Crippen LogP contribution in [-0.2, 0) is 12.8 Å². The highest BCUT2D eigenvalue weighted by Crippen LogP contribution is 2.18. The molecule has 0 saturated heterocycles. The Morgan fingerprint density at radius 2 is 1.56 bits per heavy atom. The Hall–Kier alpha value is -0.790. The SMILES string of the molecule is Clc1ccc(CC(Br)CCc2ccccc2)cc1. The van der Waals surface area contributed by atoms with Gasteiger partial charge in [-0.25, -0.2) is 0 Å². The van der Waals surface area contributed by atoms with Crippen molar-refractivity contribution in [3.8, 4) is 0 Å². The molecule has 2 aromatic carbocycles. The van der Waals surface area contributed by atoms with Crippen molar-refractivity contribution in [2.45, 2.75) is 24.1 Å². The maximum Gasteiger partial charge on any atom is 0.0406 e. The number of benzene rings is 2. The molecule has 18 heavy (non-hydrogen) atoms. The van der Waals surface area contributed by atoms with Gasteiger partial charge in [-0.3, -0.25) is 0 Å². The van der Waals surface area contributed by atoms with Crippen LogP contribution in [0, 0.1) is 0 Å². The zero-order valence-electron chi connectivity index (χ0n) is 10.2. The predicted octanol–water partition coefficient (Wildman–Crippen LogP) is 5.28. The first-order valence-electron chi connectivity index (χ1n) is 6.16. The number of hydrogen-bond donors (Lipinski definition) is 0. The molecule has 1 atom stereocenters. The average molecular weight is 324 g/mol. The molecule has 0 heterocycles. The second kappa shape index (κ2) is 6.96. The van der Waals surface area contributed by atoms with Crippen molar-refractivity contribution in [2.75, 3.05) is 0 Å². The molecule has 0 N–H and O–H groups in total. The first-order valence-corrected chi connectivity index (χ1v) is 7.46. The molecule has 94 valence electrons. The van der Waals surface area contributed by atoms with Crippen LogP contribution < -0.4 is 0 Å². The number of aryl methyl sites for hydroxylation is 1. The van der Waals surface area contributed by atoms with E-state index in [0.29, 0.717) is 4.83 Å². The van der Waals surface area contributed by atoms with Gasteiger partial charge in [0.1, 0.15) is 0 Å². The summed E-state index contributed by atoms with van der Waals surface area (Å²) < 4.78 is 0. The minimum atomic E-state index is 0.513. The van der Waals surface area contributed by atoms with Crippen LogP contribution in [0.1, 0.15) is 17.5 Å². The molecular formula is C16H16BrCl. The summed E-state index contributed by atoms with van der Waals surface area (Å²) in [6, 6.07) is 18.7. The van der Waals surface area contributed by atoms with Gasteiger partial charge in [0.05, 0.1) is 0 Å². The molecule has 0 aromatic heterocycles. The van der Waals surface area contributed by atoms with Crippen molar-refractivity contribution >= 4 is 27.5 Å². The van der Waals surface area contributed by atoms with E-state index < -0.39 is 0 Å². The van der Waals surface area contributed by atoms with Gasteiger partial charge in [0.25, 0.3) is 0 Å². The number of rotatable bonds is 5. The number of halogens is 2. The fourth-order valence-corrected chi connectivity index (χ4v) is 2.67. The van der Waals surface area contributed by atoms with E-state index in [1.807, 2.05) is 12.1 Å². The summed E-state index contributed by atoms with van der Waals surface area (Å²) >= 11 is 9.64. The Morgan fingerprint density at radius 3 is 2.22 bits per heavy atom. The number of hydrogen-bond acceptors (Lipinski definition) is 0. The van der Waals surface area contributed by atoms with E-state index in [1.165, 1.54) is 11.1 Å². The Bertz CT molecular complexity index is 464. The van der Waals surface area contributed by atoms with Crippen molar-refractivity contribution in [2.24, 2.45) is 0 Å². The number of alkyl halides is 1. The molecule has 1 unspecified atom stereocenters. The lowest BCUT2D eigenvalue weighted by Gasteiger charge is -2.10. The van der Waals surface area contributed by atoms with Crippen molar-refractivity contribution < 1.29 is 0 Å². The first-order chi connectivity index (χ1) is 8.74. The summed E-state index contributed by atoms with van der Waals surface area (Å²) in [6.45, 7) is 0. The van der Waals surface area contributed by atoms with Gasteiger partial charge in [-0.15, -0.1) is 0 Å². The Morgan fingerprint density at radius 1 is 0.889 bits per heavy atom. The first kappa shape index (κ1) is 13.6. The highest BCUT2D eigenvalue weighted by Gasteiger charge is 2.06. The van der Waals surface area contributed by atoms with E-state index >= 15 is 0 Å². The molecule has 0 bridgehead atoms. The zero-order chi connectivity index (χ0) is 12.8. The van der Waals surface area contributed by atoms with Gasteiger partial charge in [-0.1, -0.05) is 70.0 Å². The van der Waals surface area contributed by atoms with Gasteiger partial charge < -0.3 is 0 Å². The summed E-state index contributed by atoms with van der Waals surface area (Å²) in [5.74, 6) is 0. The van der Waals surface area contributed by atoms with Gasteiger partial charge in [0.15, 0.2) is 0 Å². The van der Waals surface area contributed by atoms with Crippen molar-refractivity contribution in [3.63, 3.8) is 0 Å². The van der Waals surface area contributed by atoms with E-state index in [9.17, 15) is 0 Å². The molecule has 0 spiro atoms. The van der Waals surface area contributed by atoms with Crippen LogP contribution >= 0.6 is 27.5 Å². The van der Waals surface area contributed by atoms with Crippen LogP contribution in [0.2, 0.25) is 5.02 Å². The maximum absolute atomic E-state index is 5.88. The van der Waals surface area contributed by atoms with Gasteiger partial charge >= 0.3 is 0 Å². The normalized spacial score (nSPS) is 12.3. The van der Waals surface area contributed by atoms with Gasteiger partial charge in [-0.2, -0.15) is 0 Å². The topological polar surface area (TPSA) is 0 Å². The van der Waals surface area contributed by atoms with E-state index in [2.05, 4.69) is 58.4 Å². The van der Waals surface area contributed by atoms with E-state index in [0.717, 1.165) is 24.3 Å². The van der Waals surface area contributed by atoms with Gasteiger partial charge in [0.2, 0.25) is 0 Å². The molecule has 0 aliphatic heterocycles. The lowest BCUT2D eigenvalue weighted by atomic mass is 10.0. The Kier molecular flexibility index (Phi) is 5.27. The average Bonchev–Trinajstić information content (AvgIpc) is 2.40. The van der Waals surface area contributed by atoms with Crippen molar-refractivity contribution in [1.29, 1.82) is 0 Å². The third-order valence-corrected chi connectivity index (χ3v) is 3.99. The molecule has 0 aliphatic carbocycles. The lowest BCUT2D eigenvalue weighted by Crippen LogP contribution is -2.04. The minimum Gasteiger partial charge on any atom is -0.0887 e. The largest absolute Gasteiger partial charge is 0.0887 e. The molecule has 2 heteroatoms. The van der Waals surface area contributed by atoms with Crippen LogP contribution in [0.25, 0.3) is 0 Å². The third kappa shape index (κ3) is 4.47. The molecule has 0 aliphatic rings. The highest BCUT2D eigenvalue weighted by molar-refractivity contribution is 9.09. The molecule has 0 fully saturated rings. The van der Waals surface area contributed by atoms with Gasteiger partial charge in [0, 0.05) is 9.85 Å². The van der Waals surface area contributed by atoms with Crippen LogP contribution in [0.15, 0.2) is 54.6 Å². The van der Waals surface area contributed by atoms with Crippen LogP contribution in [0.3, 0.4) is 0 Å². The van der Waals surface area contributed by atoms with Crippen LogP contribution in [-0.4, -0.2) is 4.83 Å². The van der Waals surface area contributed by atoms with Crippen LogP contribution in [0.4, 0.5) is 0 Å². The minimum absolute atomic E-state index is 0.513. The van der Waals surface area contributed by atoms with E-state index in [-0.39, 0.29) is 0 Å². The molecule has 2 rings (SSSR count). The lowest BCUT2D eigenvalue weighted by molar-refractivity contribution is 0.763. The molecule has 0 saturated carbocycles. The summed E-state index contributed by atoms with van der Waals surface area (Å²) in [6.07, 6.45) is 3.31. The Balaban J connectivity index is 1.82. The van der Waals surface area contributed by atoms with Gasteiger partial charge in [-0.05, 0) is 42.5 Å². The molecule has 0 radical (unpaired) electrons. The highest BCUT2D eigenvalue weighted by atomic mass is 79.9. The predicted molar refractivity (Wildman–Crippen MR) is 82.6 cm³/mol. The summed E-state index contributed by atoms with van der Waals surface area (Å²) in [4.78, 5) is 0.513. The fraction of sp³-hybridized carbons (Fsp3) is 0.250. The van der Waals surface area contributed by atoms with E-state index in [4.69, 9.17) is 11.6 Å². The second-order valence-electron chi connectivity index (χ2n) is 4.45. The second-order valence-corrected chi connectivity index (χ2v) is 6.18. The fourth-order valence-electron chi connectivity index (χ4n) is 1.95. The maximum atomic E-state index is 5.88. The molecular weight excluding hydrogens is 308 g/mol. The third-order valence-electron chi connectivity index (χ3n) is 2.96. The van der Waals surface area contributed by atoms with Crippen molar-refractivity contribution in [3.05, 3.63) is 70.7 Å². The molecule has 2 aromatic rings. The monoisotopic (exact) mass is 322 g/mol. The standard InChI is InChI=1S/C16H16BrCl/c17-15(9-6-13-4-2-1-3-5-13)12-14-7-10-16(18)11-8-14/h1-5,7-8,10-11,15H,6,9,12H2. The summed E-state index contributed by atoms with van der Waals surface area (Å²) in [5.41, 5.74) is 2.73. The molecule has 0 amide bonds. The van der Waals surface area contributed by atoms with Crippen molar-refractivity contribution in [1.82, 2.24) is 0 Å². The summed E-state index contributed by atoms with van der Waals surface area (Å²) in [5, 5.41) is 0.800. The quantitative estimate of drug-likeness (QED) is 0.657. The smallest absolute Gasteiger partial charge is 0.0406 e. The summed E-state index contributed by atoms with van der Waals surface area (Å²) in [7, 11) is 0. The Labute approximate surface area is 122 Å². The van der Waals surface area contributed by atoms with E-state index in [1.54, 1.807) is 0 Å². The zero-order valence-corrected chi connectivity index (χ0v) is 12.5.